The molecule has 0 aliphatic rings. The molecule has 1 atom stereocenters. The second-order valence-corrected chi connectivity index (χ2v) is 3.16. The summed E-state index contributed by atoms with van der Waals surface area (Å²) in [5.74, 6) is 1.11. The van der Waals surface area contributed by atoms with E-state index in [2.05, 4.69) is 10.1 Å². The van der Waals surface area contributed by atoms with Gasteiger partial charge in [-0.05, 0) is 25.6 Å². The average molecular weight is 169 g/mol. The lowest BCUT2D eigenvalue weighted by atomic mass is 10.5. The summed E-state index contributed by atoms with van der Waals surface area (Å²) in [7, 11) is 0. The minimum Gasteiger partial charge on any atom is -0.338 e. The molecular weight excluding hydrogens is 162 g/mol. The summed E-state index contributed by atoms with van der Waals surface area (Å²) >= 11 is 1.11. The third kappa shape index (κ3) is 1.95. The molecule has 0 aliphatic heterocycles. The van der Waals surface area contributed by atoms with E-state index < -0.39 is 0 Å². The molecule has 5 heteroatoms. The van der Waals surface area contributed by atoms with Crippen LogP contribution >= 0.6 is 11.8 Å². The number of aromatic nitrogens is 2. The smallest absolute Gasteiger partial charge is 0.240 e. The molecule has 0 spiro atoms. The Morgan fingerprint density at radius 3 is 2.91 bits per heavy atom. The van der Waals surface area contributed by atoms with E-state index in [9.17, 15) is 0 Å². The Bertz CT molecular complexity index is 278. The van der Waals surface area contributed by atoms with E-state index in [1.807, 2.05) is 12.3 Å². The van der Waals surface area contributed by atoms with Crippen LogP contribution in [-0.4, -0.2) is 10.1 Å². The first-order valence-electron chi connectivity index (χ1n) is 3.09. The van der Waals surface area contributed by atoms with Crippen LogP contribution in [0.4, 0.5) is 0 Å². The molecule has 0 N–H and O–H groups in total. The van der Waals surface area contributed by atoms with Gasteiger partial charge in [-0.2, -0.15) is 10.2 Å². The maximum Gasteiger partial charge on any atom is 0.240 e. The van der Waals surface area contributed by atoms with Crippen LogP contribution in [0.5, 0.6) is 0 Å². The van der Waals surface area contributed by atoms with Gasteiger partial charge in [0, 0.05) is 0 Å². The molecule has 58 valence electrons. The first-order valence-corrected chi connectivity index (χ1v) is 3.97. The quantitative estimate of drug-likeness (QED) is 0.630. The highest BCUT2D eigenvalue weighted by molar-refractivity contribution is 8.03. The zero-order chi connectivity index (χ0) is 8.27. The molecule has 1 aromatic rings. The molecule has 0 bridgehead atoms. The minimum atomic E-state index is -0.0406. The average Bonchev–Trinajstić information content (AvgIpc) is 2.36. The Kier molecular flexibility index (Phi) is 2.49. The number of aryl methyl sites for hydroxylation is 1. The first kappa shape index (κ1) is 8.08. The van der Waals surface area contributed by atoms with Crippen LogP contribution in [-0.2, 0) is 0 Å². The molecule has 1 heterocycles. The summed E-state index contributed by atoms with van der Waals surface area (Å²) < 4.78 is 4.85. The molecule has 0 saturated carbocycles. The monoisotopic (exact) mass is 169 g/mol. The number of hydrogen-bond acceptors (Lipinski definition) is 5. The maximum absolute atomic E-state index is 8.33. The normalized spacial score (nSPS) is 12.5. The van der Waals surface area contributed by atoms with Crippen molar-refractivity contribution < 1.29 is 4.52 Å². The summed E-state index contributed by atoms with van der Waals surface area (Å²) in [4.78, 5) is 3.98. The predicted octanol–water partition coefficient (Wildman–Crippen LogP) is 1.65. The second-order valence-electron chi connectivity index (χ2n) is 2.03. The van der Waals surface area contributed by atoms with Gasteiger partial charge in [-0.25, -0.2) is 0 Å². The van der Waals surface area contributed by atoms with E-state index in [0.29, 0.717) is 11.7 Å². The standard InChI is InChI=1S/C6H7N3OS/c1-4(11-3-7)6-8-5(2)9-10-6/h4H,1-2H3/t4-/m0/s1. The molecule has 4 nitrogen and oxygen atoms in total. The van der Waals surface area contributed by atoms with E-state index in [-0.39, 0.29) is 5.25 Å². The summed E-state index contributed by atoms with van der Waals surface area (Å²) in [6.07, 6.45) is 0. The molecule has 1 aromatic heterocycles. The molecule has 0 saturated heterocycles. The minimum absolute atomic E-state index is 0.0406. The highest BCUT2D eigenvalue weighted by Gasteiger charge is 2.12. The summed E-state index contributed by atoms with van der Waals surface area (Å²) in [5, 5.41) is 13.9. The number of thioether (sulfide) groups is 1. The summed E-state index contributed by atoms with van der Waals surface area (Å²) in [6.45, 7) is 3.59. The summed E-state index contributed by atoms with van der Waals surface area (Å²) in [5.41, 5.74) is 0. The van der Waals surface area contributed by atoms with Gasteiger partial charge in [0.25, 0.3) is 0 Å². The van der Waals surface area contributed by atoms with Crippen LogP contribution in [0.15, 0.2) is 4.52 Å². The lowest BCUT2D eigenvalue weighted by molar-refractivity contribution is 0.376. The van der Waals surface area contributed by atoms with E-state index in [4.69, 9.17) is 9.78 Å². The van der Waals surface area contributed by atoms with E-state index in [0.717, 1.165) is 11.8 Å². The van der Waals surface area contributed by atoms with Crippen molar-refractivity contribution in [1.29, 1.82) is 5.26 Å². The lowest BCUT2D eigenvalue weighted by Crippen LogP contribution is -1.86. The Morgan fingerprint density at radius 2 is 2.45 bits per heavy atom. The fraction of sp³-hybridized carbons (Fsp3) is 0.500. The second kappa shape index (κ2) is 3.39. The van der Waals surface area contributed by atoms with Crippen molar-refractivity contribution >= 4 is 11.8 Å². The highest BCUT2D eigenvalue weighted by atomic mass is 32.2. The van der Waals surface area contributed by atoms with Crippen molar-refractivity contribution in [2.24, 2.45) is 0 Å². The highest BCUT2D eigenvalue weighted by Crippen LogP contribution is 2.24. The summed E-state index contributed by atoms with van der Waals surface area (Å²) in [6, 6.07) is 0. The molecule has 0 radical (unpaired) electrons. The van der Waals surface area contributed by atoms with Gasteiger partial charge in [0.05, 0.1) is 5.25 Å². The molecule has 0 unspecified atom stereocenters. The third-order valence-electron chi connectivity index (χ3n) is 1.12. The molecule has 0 aliphatic carbocycles. The van der Waals surface area contributed by atoms with Gasteiger partial charge in [0.2, 0.25) is 5.89 Å². The van der Waals surface area contributed by atoms with Gasteiger partial charge in [-0.3, -0.25) is 0 Å². The van der Waals surface area contributed by atoms with Crippen molar-refractivity contribution in [3.63, 3.8) is 0 Å². The predicted molar refractivity (Wildman–Crippen MR) is 40.7 cm³/mol. The van der Waals surface area contributed by atoms with Gasteiger partial charge >= 0.3 is 0 Å². The lowest BCUT2D eigenvalue weighted by Gasteiger charge is -1.95. The maximum atomic E-state index is 8.33. The molecule has 11 heavy (non-hydrogen) atoms. The Balaban J connectivity index is 2.70. The van der Waals surface area contributed by atoms with Crippen LogP contribution in [0.2, 0.25) is 0 Å². The number of nitriles is 1. The molecule has 0 aromatic carbocycles. The van der Waals surface area contributed by atoms with Crippen molar-refractivity contribution in [3.05, 3.63) is 11.7 Å². The van der Waals surface area contributed by atoms with Crippen molar-refractivity contribution in [2.45, 2.75) is 19.1 Å². The largest absolute Gasteiger partial charge is 0.338 e. The zero-order valence-electron chi connectivity index (χ0n) is 6.24. The van der Waals surface area contributed by atoms with Crippen LogP contribution in [0.1, 0.15) is 23.9 Å². The van der Waals surface area contributed by atoms with Gasteiger partial charge in [-0.1, -0.05) is 5.16 Å². The molecule has 1 rings (SSSR count). The van der Waals surface area contributed by atoms with Crippen LogP contribution in [0, 0.1) is 17.6 Å². The van der Waals surface area contributed by atoms with E-state index in [1.165, 1.54) is 0 Å². The van der Waals surface area contributed by atoms with E-state index in [1.54, 1.807) is 6.92 Å². The van der Waals surface area contributed by atoms with Crippen molar-refractivity contribution in [3.8, 4) is 5.40 Å². The van der Waals surface area contributed by atoms with Crippen LogP contribution in [0.3, 0.4) is 0 Å². The fourth-order valence-corrected chi connectivity index (χ4v) is 0.962. The fourth-order valence-electron chi connectivity index (χ4n) is 0.608. The molecule has 0 amide bonds. The molecular formula is C6H7N3OS. The van der Waals surface area contributed by atoms with Gasteiger partial charge in [-0.15, -0.1) is 0 Å². The van der Waals surface area contributed by atoms with Crippen molar-refractivity contribution in [2.75, 3.05) is 0 Å². The third-order valence-corrected chi connectivity index (χ3v) is 1.78. The number of thiocyanates is 1. The number of rotatable bonds is 2. The Hall–Kier alpha value is -1.02. The zero-order valence-corrected chi connectivity index (χ0v) is 7.05. The van der Waals surface area contributed by atoms with Gasteiger partial charge in [0.1, 0.15) is 5.40 Å². The topological polar surface area (TPSA) is 62.7 Å². The first-order chi connectivity index (χ1) is 5.24. The van der Waals surface area contributed by atoms with Crippen LogP contribution in [0.25, 0.3) is 0 Å². The number of nitrogens with zero attached hydrogens (tertiary/aromatic N) is 3. The molecule has 0 fully saturated rings. The van der Waals surface area contributed by atoms with Crippen LogP contribution < -0.4 is 0 Å². The Morgan fingerprint density at radius 1 is 1.73 bits per heavy atom. The SMILES string of the molecule is Cc1noc([C@H](C)SC#N)n1. The van der Waals surface area contributed by atoms with Gasteiger partial charge < -0.3 is 4.52 Å². The number of hydrogen-bond donors (Lipinski definition) is 0. The van der Waals surface area contributed by atoms with E-state index >= 15 is 0 Å². The van der Waals surface area contributed by atoms with Crippen molar-refractivity contribution in [1.82, 2.24) is 10.1 Å². The van der Waals surface area contributed by atoms with Gasteiger partial charge in [0.15, 0.2) is 5.82 Å². The Labute approximate surface area is 68.6 Å².